The second-order valence-corrected chi connectivity index (χ2v) is 7.72. The average molecular weight is 560 g/mol. The van der Waals surface area contributed by atoms with Crippen LogP contribution in [0.4, 0.5) is 0 Å². The van der Waals surface area contributed by atoms with Crippen LogP contribution in [-0.2, 0) is 33.4 Å². The molecule has 0 aliphatic heterocycles. The maximum Gasteiger partial charge on any atom is 0.317 e. The van der Waals surface area contributed by atoms with Gasteiger partial charge in [-0.05, 0) is 0 Å². The van der Waals surface area contributed by atoms with E-state index in [1.807, 2.05) is 0 Å². The highest BCUT2D eigenvalue weighted by molar-refractivity contribution is 5.73. The molecule has 0 unspecified atom stereocenters. The number of nitrogens with zero attached hydrogens (tertiary/aromatic N) is 2. The molecular formula is C20H37N3O15. The van der Waals surface area contributed by atoms with Crippen LogP contribution in [0, 0.1) is 0 Å². The van der Waals surface area contributed by atoms with Crippen molar-refractivity contribution in [1.82, 2.24) is 15.1 Å². The summed E-state index contributed by atoms with van der Waals surface area (Å²) in [6, 6.07) is 0. The third-order valence-electron chi connectivity index (χ3n) is 4.43. The Balaban J connectivity index is 0. The first-order chi connectivity index (χ1) is 17.8. The van der Waals surface area contributed by atoms with Crippen LogP contribution in [0.25, 0.3) is 0 Å². The fraction of sp³-hybridized carbons (Fsp3) is 0.750. The van der Waals surface area contributed by atoms with E-state index in [1.54, 1.807) is 0 Å². The zero-order valence-corrected chi connectivity index (χ0v) is 20.7. The Kier molecular flexibility index (Phi) is 21.6. The zero-order chi connectivity index (χ0) is 29.6. The Morgan fingerprint density at radius 3 is 1.11 bits per heavy atom. The predicted octanol–water partition coefficient (Wildman–Crippen LogP) is -4.66. The van der Waals surface area contributed by atoms with Crippen molar-refractivity contribution in [3.05, 3.63) is 0 Å². The molecule has 18 nitrogen and oxygen atoms in total. The van der Waals surface area contributed by atoms with Crippen LogP contribution in [0.2, 0.25) is 0 Å². The van der Waals surface area contributed by atoms with Gasteiger partial charge in [0.15, 0.2) is 0 Å². The Hall–Kier alpha value is -2.97. The maximum absolute atomic E-state index is 10.6. The number of aliphatic hydroxyl groups excluding tert-OH is 3. The number of ether oxygens (including phenoxy) is 2. The minimum Gasteiger partial charge on any atom is -0.480 e. The van der Waals surface area contributed by atoms with E-state index in [1.165, 1.54) is 9.80 Å². The fourth-order valence-electron chi connectivity index (χ4n) is 2.48. The first kappa shape index (κ1) is 37.2. The van der Waals surface area contributed by atoms with Gasteiger partial charge in [-0.15, -0.1) is 0 Å². The molecule has 0 atom stereocenters. The van der Waals surface area contributed by atoms with Gasteiger partial charge in [-0.25, -0.2) is 0 Å². The van der Waals surface area contributed by atoms with Gasteiger partial charge in [0.1, 0.15) is 0 Å². The number of aliphatic carboxylic acids is 5. The second kappa shape index (κ2) is 22.1. The first-order valence-electron chi connectivity index (χ1n) is 11.1. The van der Waals surface area contributed by atoms with Crippen molar-refractivity contribution in [1.29, 1.82) is 0 Å². The molecule has 0 aromatic carbocycles. The van der Waals surface area contributed by atoms with E-state index in [0.29, 0.717) is 0 Å². The molecule has 0 rings (SSSR count). The van der Waals surface area contributed by atoms with Crippen molar-refractivity contribution >= 4 is 29.8 Å². The number of rotatable bonds is 23. The van der Waals surface area contributed by atoms with Gasteiger partial charge in [0.05, 0.1) is 84.5 Å². The molecular weight excluding hydrogens is 522 g/mol. The lowest BCUT2D eigenvalue weighted by Crippen LogP contribution is -2.56. The summed E-state index contributed by atoms with van der Waals surface area (Å²) in [6.07, 6.45) is 0. The maximum atomic E-state index is 10.6. The highest BCUT2D eigenvalue weighted by Crippen LogP contribution is 2.00. The number of carboxylic acids is 5. The van der Waals surface area contributed by atoms with Crippen LogP contribution < -0.4 is 5.32 Å². The summed E-state index contributed by atoms with van der Waals surface area (Å²) in [4.78, 5) is 55.0. The van der Waals surface area contributed by atoms with Gasteiger partial charge in [0.2, 0.25) is 0 Å². The molecule has 0 saturated heterocycles. The van der Waals surface area contributed by atoms with Crippen LogP contribution in [0.5, 0.6) is 0 Å². The molecule has 0 aliphatic rings. The van der Waals surface area contributed by atoms with Gasteiger partial charge in [0, 0.05) is 13.1 Å². The largest absolute Gasteiger partial charge is 0.480 e. The lowest BCUT2D eigenvalue weighted by molar-refractivity contribution is -0.144. The Morgan fingerprint density at radius 2 is 0.868 bits per heavy atom. The summed E-state index contributed by atoms with van der Waals surface area (Å²) >= 11 is 0. The van der Waals surface area contributed by atoms with Crippen molar-refractivity contribution in [2.24, 2.45) is 0 Å². The summed E-state index contributed by atoms with van der Waals surface area (Å²) in [7, 11) is 0. The van der Waals surface area contributed by atoms with E-state index in [4.69, 9.17) is 50.3 Å². The second-order valence-electron chi connectivity index (χ2n) is 7.72. The molecule has 0 heterocycles. The van der Waals surface area contributed by atoms with Crippen molar-refractivity contribution in [2.75, 3.05) is 92.1 Å². The van der Waals surface area contributed by atoms with Gasteiger partial charge in [-0.3, -0.25) is 39.1 Å². The standard InChI is InChI=1S/C14H24N2O10.C6H13NO5/c17-11(18)7-15(8-12(19)20)1-3-25-5-6-26-4-2-16(9-13(21)22)10-14(23)24;8-2-6(3-9,4-10)7-1-5(11)12/h1-10H2,(H,17,18)(H,19,20)(H,21,22)(H,23,24);7-10H,1-4H2,(H,11,12). The Morgan fingerprint density at radius 1 is 0.553 bits per heavy atom. The molecule has 0 saturated carbocycles. The number of nitrogens with one attached hydrogen (secondary N) is 1. The molecule has 38 heavy (non-hydrogen) atoms. The lowest BCUT2D eigenvalue weighted by Gasteiger charge is -2.27. The predicted molar refractivity (Wildman–Crippen MR) is 125 cm³/mol. The van der Waals surface area contributed by atoms with Gasteiger partial charge < -0.3 is 50.3 Å². The number of aliphatic hydroxyl groups is 3. The normalized spacial score (nSPS) is 11.2. The minimum atomic E-state index is -1.31. The van der Waals surface area contributed by atoms with E-state index in [2.05, 4.69) is 5.32 Å². The molecule has 0 aromatic rings. The van der Waals surface area contributed by atoms with E-state index >= 15 is 0 Å². The topological polar surface area (TPSA) is 284 Å². The summed E-state index contributed by atoms with van der Waals surface area (Å²) in [5, 5.41) is 71.4. The number of carbonyl (C=O) groups is 5. The van der Waals surface area contributed by atoms with E-state index in [0.717, 1.165) is 0 Å². The van der Waals surface area contributed by atoms with E-state index in [-0.39, 0.29) is 39.5 Å². The van der Waals surface area contributed by atoms with Crippen LogP contribution in [0.3, 0.4) is 0 Å². The van der Waals surface area contributed by atoms with Gasteiger partial charge in [-0.2, -0.15) is 0 Å². The molecule has 0 spiro atoms. The fourth-order valence-corrected chi connectivity index (χ4v) is 2.48. The quantitative estimate of drug-likeness (QED) is 0.0532. The van der Waals surface area contributed by atoms with Crippen LogP contribution >= 0.6 is 0 Å². The number of hydrogen-bond donors (Lipinski definition) is 9. The number of carboxylic acid groups (broad SMARTS) is 5. The van der Waals surface area contributed by atoms with Crippen molar-refractivity contribution in [3.63, 3.8) is 0 Å². The molecule has 18 heteroatoms. The molecule has 0 fully saturated rings. The third kappa shape index (κ3) is 22.2. The molecule has 0 radical (unpaired) electrons. The average Bonchev–Trinajstić information content (AvgIpc) is 2.80. The first-order valence-corrected chi connectivity index (χ1v) is 11.1. The minimum absolute atomic E-state index is 0.119. The van der Waals surface area contributed by atoms with Gasteiger partial charge in [0.25, 0.3) is 0 Å². The summed E-state index contributed by atoms with van der Waals surface area (Å²) in [5.74, 6) is -5.66. The van der Waals surface area contributed by atoms with Crippen LogP contribution in [-0.4, -0.2) is 178 Å². The summed E-state index contributed by atoms with van der Waals surface area (Å²) in [6.45, 7) is -2.77. The van der Waals surface area contributed by atoms with Crippen LogP contribution in [0.15, 0.2) is 0 Å². The third-order valence-corrected chi connectivity index (χ3v) is 4.43. The molecule has 0 aromatic heterocycles. The Bertz CT molecular complexity index is 636. The summed E-state index contributed by atoms with van der Waals surface area (Å²) < 4.78 is 10.4. The zero-order valence-electron chi connectivity index (χ0n) is 20.7. The van der Waals surface area contributed by atoms with E-state index in [9.17, 15) is 24.0 Å². The van der Waals surface area contributed by atoms with E-state index < -0.39 is 87.9 Å². The SMILES string of the molecule is O=C(O)CN(CCOCCOCCN(CC(=O)O)CC(=O)O)CC(=O)O.O=C(O)CNC(CO)(CO)CO. The van der Waals surface area contributed by atoms with Crippen LogP contribution in [0.1, 0.15) is 0 Å². The van der Waals surface area contributed by atoms with Crippen molar-refractivity contribution < 1.29 is 74.3 Å². The Labute approximate surface area is 217 Å². The van der Waals surface area contributed by atoms with Gasteiger partial charge in [-0.1, -0.05) is 0 Å². The van der Waals surface area contributed by atoms with Crippen molar-refractivity contribution in [2.45, 2.75) is 5.54 Å². The highest BCUT2D eigenvalue weighted by Gasteiger charge is 2.27. The lowest BCUT2D eigenvalue weighted by atomic mass is 10.0. The molecule has 0 amide bonds. The molecule has 222 valence electrons. The van der Waals surface area contributed by atoms with Crippen molar-refractivity contribution in [3.8, 4) is 0 Å². The monoisotopic (exact) mass is 559 g/mol. The highest BCUT2D eigenvalue weighted by atomic mass is 16.5. The summed E-state index contributed by atoms with van der Waals surface area (Å²) in [5.41, 5.74) is -1.31. The molecule has 0 aliphatic carbocycles. The van der Waals surface area contributed by atoms with Gasteiger partial charge >= 0.3 is 29.8 Å². The molecule has 0 bridgehead atoms. The molecule has 9 N–H and O–H groups in total. The number of hydrogen-bond acceptors (Lipinski definition) is 13. The smallest absolute Gasteiger partial charge is 0.317 e.